The van der Waals surface area contributed by atoms with Crippen LogP contribution in [-0.2, 0) is 0 Å². The highest BCUT2D eigenvalue weighted by Gasteiger charge is 2.50. The summed E-state index contributed by atoms with van der Waals surface area (Å²) in [6.45, 7) is 12.4. The number of rotatable bonds is 4. The molecule has 0 spiro atoms. The summed E-state index contributed by atoms with van der Waals surface area (Å²) in [4.78, 5) is 0. The van der Waals surface area contributed by atoms with Crippen LogP contribution in [0.1, 0.15) is 72.6 Å². The molecule has 2 aliphatic rings. The van der Waals surface area contributed by atoms with Crippen molar-refractivity contribution in [2.45, 2.75) is 84.3 Å². The summed E-state index contributed by atoms with van der Waals surface area (Å²) in [5, 5.41) is 20.1. The molecule has 2 aliphatic carbocycles. The lowest BCUT2D eigenvalue weighted by molar-refractivity contribution is -0.0759. The van der Waals surface area contributed by atoms with E-state index in [0.29, 0.717) is 23.7 Å². The second-order valence-electron chi connectivity index (χ2n) is 8.57. The molecule has 2 rings (SSSR count). The van der Waals surface area contributed by atoms with E-state index in [1.165, 1.54) is 30.4 Å². The van der Waals surface area contributed by atoms with Crippen LogP contribution in [0.25, 0.3) is 0 Å². The zero-order valence-corrected chi connectivity index (χ0v) is 14.9. The van der Waals surface area contributed by atoms with E-state index in [1.54, 1.807) is 13.8 Å². The monoisotopic (exact) mass is 306 g/mol. The molecular formula is C20H34O2. The summed E-state index contributed by atoms with van der Waals surface area (Å²) in [6, 6.07) is 0. The molecule has 0 bridgehead atoms. The molecule has 2 nitrogen and oxygen atoms in total. The van der Waals surface area contributed by atoms with E-state index in [-0.39, 0.29) is 0 Å². The van der Waals surface area contributed by atoms with Gasteiger partial charge in [-0.05, 0) is 83.0 Å². The first kappa shape index (κ1) is 17.7. The van der Waals surface area contributed by atoms with Crippen LogP contribution in [0, 0.1) is 17.3 Å². The van der Waals surface area contributed by atoms with Crippen molar-refractivity contribution in [1.29, 1.82) is 0 Å². The molecule has 4 atom stereocenters. The van der Waals surface area contributed by atoms with E-state index in [4.69, 9.17) is 0 Å². The molecule has 0 heterocycles. The second kappa shape index (κ2) is 6.49. The standard InChI is InChI=1S/C20H34O2/c1-14-7-6-8-15(2)16-13-20(5,17(16)10-9-14)12-11-18(21)19(3,4)22/h7,16-18,21-22H,2,6,8-13H2,1,3-5H3/b14-7+/t16-,17-,18-,20-/m0/s1. The van der Waals surface area contributed by atoms with Gasteiger partial charge in [-0.15, -0.1) is 0 Å². The van der Waals surface area contributed by atoms with Crippen LogP contribution >= 0.6 is 0 Å². The number of aliphatic hydroxyl groups excluding tert-OH is 1. The van der Waals surface area contributed by atoms with Crippen molar-refractivity contribution in [3.63, 3.8) is 0 Å². The third-order valence-corrected chi connectivity index (χ3v) is 6.20. The fraction of sp³-hybridized carbons (Fsp3) is 0.800. The number of hydrogen-bond donors (Lipinski definition) is 2. The van der Waals surface area contributed by atoms with Gasteiger partial charge in [0.15, 0.2) is 0 Å². The van der Waals surface area contributed by atoms with Crippen LogP contribution in [0.4, 0.5) is 0 Å². The fourth-order valence-electron chi connectivity index (χ4n) is 4.38. The molecule has 0 unspecified atom stereocenters. The lowest BCUT2D eigenvalue weighted by atomic mass is 9.49. The van der Waals surface area contributed by atoms with Gasteiger partial charge in [-0.1, -0.05) is 30.7 Å². The van der Waals surface area contributed by atoms with Crippen LogP contribution in [0.2, 0.25) is 0 Å². The SMILES string of the molecule is C=C1CC/C=C(\C)CC[C@H]2[C@H]1C[C@]2(C)CC[C@H](O)C(C)(C)O. The highest BCUT2D eigenvalue weighted by molar-refractivity contribution is 5.17. The van der Waals surface area contributed by atoms with Gasteiger partial charge in [-0.3, -0.25) is 0 Å². The third-order valence-electron chi connectivity index (χ3n) is 6.20. The topological polar surface area (TPSA) is 40.5 Å². The Balaban J connectivity index is 2.00. The smallest absolute Gasteiger partial charge is 0.0849 e. The molecule has 2 heteroatoms. The third kappa shape index (κ3) is 3.83. The average molecular weight is 306 g/mol. The van der Waals surface area contributed by atoms with Crippen LogP contribution in [-0.4, -0.2) is 21.9 Å². The first-order chi connectivity index (χ1) is 10.1. The van der Waals surface area contributed by atoms with Gasteiger partial charge in [0.05, 0.1) is 11.7 Å². The molecule has 1 saturated carbocycles. The van der Waals surface area contributed by atoms with E-state index in [0.717, 1.165) is 19.3 Å². The maximum absolute atomic E-state index is 10.1. The Bertz CT molecular complexity index is 443. The first-order valence-electron chi connectivity index (χ1n) is 8.87. The Morgan fingerprint density at radius 2 is 2.09 bits per heavy atom. The van der Waals surface area contributed by atoms with Gasteiger partial charge in [0.2, 0.25) is 0 Å². The van der Waals surface area contributed by atoms with Gasteiger partial charge in [0.25, 0.3) is 0 Å². The molecule has 0 aromatic carbocycles. The van der Waals surface area contributed by atoms with Crippen molar-refractivity contribution in [3.05, 3.63) is 23.8 Å². The van der Waals surface area contributed by atoms with Crippen molar-refractivity contribution < 1.29 is 10.2 Å². The van der Waals surface area contributed by atoms with E-state index in [9.17, 15) is 10.2 Å². The largest absolute Gasteiger partial charge is 0.390 e. The van der Waals surface area contributed by atoms with Gasteiger partial charge in [0.1, 0.15) is 0 Å². The van der Waals surface area contributed by atoms with E-state index in [1.807, 2.05) is 0 Å². The highest BCUT2D eigenvalue weighted by atomic mass is 16.3. The number of allylic oxidation sites excluding steroid dienone is 3. The molecule has 0 aliphatic heterocycles. The summed E-state index contributed by atoms with van der Waals surface area (Å²) < 4.78 is 0. The molecule has 0 aromatic rings. The maximum Gasteiger partial charge on any atom is 0.0849 e. The average Bonchev–Trinajstić information content (AvgIpc) is 2.45. The predicted molar refractivity (Wildman–Crippen MR) is 92.6 cm³/mol. The second-order valence-corrected chi connectivity index (χ2v) is 8.57. The number of hydrogen-bond acceptors (Lipinski definition) is 2. The van der Waals surface area contributed by atoms with Gasteiger partial charge in [0, 0.05) is 0 Å². The van der Waals surface area contributed by atoms with Gasteiger partial charge < -0.3 is 10.2 Å². The predicted octanol–water partition coefficient (Wildman–Crippen LogP) is 4.62. The van der Waals surface area contributed by atoms with E-state index < -0.39 is 11.7 Å². The van der Waals surface area contributed by atoms with Crippen molar-refractivity contribution in [1.82, 2.24) is 0 Å². The van der Waals surface area contributed by atoms with Crippen molar-refractivity contribution in [2.24, 2.45) is 17.3 Å². The molecule has 1 fully saturated rings. The normalized spacial score (nSPS) is 37.0. The molecule has 126 valence electrons. The number of aliphatic hydroxyl groups is 2. The quantitative estimate of drug-likeness (QED) is 0.744. The minimum Gasteiger partial charge on any atom is -0.390 e. The van der Waals surface area contributed by atoms with Gasteiger partial charge in [-0.2, -0.15) is 0 Å². The maximum atomic E-state index is 10.1. The molecular weight excluding hydrogens is 272 g/mol. The minimum atomic E-state index is -0.999. The van der Waals surface area contributed by atoms with Gasteiger partial charge >= 0.3 is 0 Å². The van der Waals surface area contributed by atoms with Crippen LogP contribution in [0.5, 0.6) is 0 Å². The van der Waals surface area contributed by atoms with Crippen LogP contribution in [0.3, 0.4) is 0 Å². The summed E-state index contributed by atoms with van der Waals surface area (Å²) in [7, 11) is 0. The van der Waals surface area contributed by atoms with Crippen molar-refractivity contribution in [3.8, 4) is 0 Å². The minimum absolute atomic E-state index is 0.296. The summed E-state index contributed by atoms with van der Waals surface area (Å²) in [6.07, 6.45) is 9.33. The summed E-state index contributed by atoms with van der Waals surface area (Å²) >= 11 is 0. The molecule has 0 saturated heterocycles. The Kier molecular flexibility index (Phi) is 5.23. The Hall–Kier alpha value is -0.600. The molecule has 0 amide bonds. The fourth-order valence-corrected chi connectivity index (χ4v) is 4.38. The first-order valence-corrected chi connectivity index (χ1v) is 8.87. The Labute approximate surface area is 136 Å². The van der Waals surface area contributed by atoms with E-state index in [2.05, 4.69) is 26.5 Å². The zero-order valence-electron chi connectivity index (χ0n) is 14.9. The molecule has 0 radical (unpaired) electrons. The Morgan fingerprint density at radius 1 is 1.41 bits per heavy atom. The lowest BCUT2D eigenvalue weighted by Gasteiger charge is -2.55. The summed E-state index contributed by atoms with van der Waals surface area (Å²) in [5.41, 5.74) is 2.24. The highest BCUT2D eigenvalue weighted by Crippen LogP contribution is 2.59. The van der Waals surface area contributed by atoms with Crippen LogP contribution in [0.15, 0.2) is 23.8 Å². The van der Waals surface area contributed by atoms with Gasteiger partial charge in [-0.25, -0.2) is 0 Å². The zero-order chi connectivity index (χ0) is 16.5. The van der Waals surface area contributed by atoms with E-state index >= 15 is 0 Å². The number of fused-ring (bicyclic) bond motifs is 1. The lowest BCUT2D eigenvalue weighted by Crippen LogP contribution is -2.48. The summed E-state index contributed by atoms with van der Waals surface area (Å²) in [5.74, 6) is 1.36. The Morgan fingerprint density at radius 3 is 2.73 bits per heavy atom. The van der Waals surface area contributed by atoms with Crippen LogP contribution < -0.4 is 0 Å². The van der Waals surface area contributed by atoms with Crippen molar-refractivity contribution >= 4 is 0 Å². The molecule has 2 N–H and O–H groups in total. The molecule has 0 aromatic heterocycles. The van der Waals surface area contributed by atoms with Crippen molar-refractivity contribution in [2.75, 3.05) is 0 Å². The molecule has 22 heavy (non-hydrogen) atoms.